The summed E-state index contributed by atoms with van der Waals surface area (Å²) in [5.74, 6) is 0.347. The van der Waals surface area contributed by atoms with E-state index < -0.39 is 11.6 Å². The lowest BCUT2D eigenvalue weighted by atomic mass is 10.3. The van der Waals surface area contributed by atoms with E-state index in [1.807, 2.05) is 35.8 Å². The molecule has 1 aliphatic heterocycles. The minimum atomic E-state index is -0.979. The van der Waals surface area contributed by atoms with Crippen LogP contribution in [0.4, 0.5) is 20.5 Å². The topological polar surface area (TPSA) is 106 Å². The van der Waals surface area contributed by atoms with Crippen LogP contribution in [0.5, 0.6) is 5.75 Å². The number of halogens is 2. The van der Waals surface area contributed by atoms with Crippen molar-refractivity contribution in [1.82, 2.24) is 29.5 Å². The van der Waals surface area contributed by atoms with Gasteiger partial charge in [-0.2, -0.15) is 9.97 Å². The molecule has 0 atom stereocenters. The summed E-state index contributed by atoms with van der Waals surface area (Å²) >= 11 is 0. The largest absolute Gasteiger partial charge is 0.494 e. The standard InChI is InChI=1S/C25H24F2N8O2/c1-2-37-16-5-3-15(4-6-16)35-14-29-22-23(32-25(33-24(22)35)34-9-11-36-12-10-34)28-13-19-30-18-8-7-17(26)20(27)21(18)31-19/h3-8,14H,2,9-13H2,1H3,(H,30,31)(H,28,32,33). The fraction of sp³-hybridized carbons (Fsp3) is 0.280. The number of imidazole rings is 2. The first kappa shape index (κ1) is 23.1. The molecule has 0 spiro atoms. The van der Waals surface area contributed by atoms with Gasteiger partial charge in [0.15, 0.2) is 28.6 Å². The molecule has 1 aliphatic rings. The first-order chi connectivity index (χ1) is 18.1. The third kappa shape index (κ3) is 4.40. The number of aromatic amines is 1. The number of ether oxygens (including phenoxy) is 2. The van der Waals surface area contributed by atoms with Crippen LogP contribution in [0, 0.1) is 11.6 Å². The minimum absolute atomic E-state index is 0.0431. The van der Waals surface area contributed by atoms with Crippen LogP contribution in [-0.2, 0) is 11.3 Å². The van der Waals surface area contributed by atoms with Crippen molar-refractivity contribution in [3.63, 3.8) is 0 Å². The molecule has 6 rings (SSSR count). The fourth-order valence-electron chi connectivity index (χ4n) is 4.29. The van der Waals surface area contributed by atoms with Crippen LogP contribution in [0.25, 0.3) is 27.9 Å². The third-order valence-corrected chi connectivity index (χ3v) is 6.12. The summed E-state index contributed by atoms with van der Waals surface area (Å²) in [4.78, 5) is 23.5. The number of morpholine rings is 1. The zero-order valence-corrected chi connectivity index (χ0v) is 20.0. The molecule has 5 aromatic rings. The van der Waals surface area contributed by atoms with Gasteiger partial charge in [0, 0.05) is 18.8 Å². The summed E-state index contributed by atoms with van der Waals surface area (Å²) in [6.45, 7) is 5.22. The average molecular weight is 507 g/mol. The fourth-order valence-corrected chi connectivity index (χ4v) is 4.29. The zero-order chi connectivity index (χ0) is 25.4. The van der Waals surface area contributed by atoms with Crippen LogP contribution in [0.15, 0.2) is 42.7 Å². The van der Waals surface area contributed by atoms with Crippen LogP contribution >= 0.6 is 0 Å². The van der Waals surface area contributed by atoms with Crippen molar-refractivity contribution in [3.05, 3.63) is 60.2 Å². The van der Waals surface area contributed by atoms with Gasteiger partial charge in [-0.25, -0.2) is 18.7 Å². The Morgan fingerprint density at radius 1 is 1.03 bits per heavy atom. The maximum absolute atomic E-state index is 14.1. The molecule has 1 saturated heterocycles. The average Bonchev–Trinajstić information content (AvgIpc) is 3.55. The van der Waals surface area contributed by atoms with E-state index in [9.17, 15) is 8.78 Å². The minimum Gasteiger partial charge on any atom is -0.494 e. The van der Waals surface area contributed by atoms with Gasteiger partial charge in [0.2, 0.25) is 5.95 Å². The van der Waals surface area contributed by atoms with Crippen LogP contribution in [0.1, 0.15) is 12.7 Å². The summed E-state index contributed by atoms with van der Waals surface area (Å²) in [6.07, 6.45) is 1.70. The van der Waals surface area contributed by atoms with Crippen molar-refractivity contribution >= 4 is 34.0 Å². The molecule has 1 fully saturated rings. The Labute approximate surface area is 210 Å². The number of hydrogen-bond donors (Lipinski definition) is 2. The Kier molecular flexibility index (Phi) is 6.01. The second-order valence-corrected chi connectivity index (χ2v) is 8.48. The molecule has 0 radical (unpaired) electrons. The molecule has 0 bridgehead atoms. The first-order valence-electron chi connectivity index (χ1n) is 12.0. The summed E-state index contributed by atoms with van der Waals surface area (Å²) in [6, 6.07) is 10.2. The van der Waals surface area contributed by atoms with E-state index >= 15 is 0 Å². The number of rotatable bonds is 7. The number of hydrogen-bond acceptors (Lipinski definition) is 8. The number of fused-ring (bicyclic) bond motifs is 2. The molecule has 0 aliphatic carbocycles. The number of aromatic nitrogens is 6. The van der Waals surface area contributed by atoms with Crippen molar-refractivity contribution in [3.8, 4) is 11.4 Å². The number of anilines is 2. The van der Waals surface area contributed by atoms with Crippen molar-refractivity contribution in [2.75, 3.05) is 43.1 Å². The Morgan fingerprint density at radius 3 is 2.62 bits per heavy atom. The molecule has 0 unspecified atom stereocenters. The molecule has 190 valence electrons. The van der Waals surface area contributed by atoms with Crippen molar-refractivity contribution in [1.29, 1.82) is 0 Å². The Bertz CT molecular complexity index is 1560. The zero-order valence-electron chi connectivity index (χ0n) is 20.0. The Balaban J connectivity index is 1.37. The molecule has 3 aromatic heterocycles. The van der Waals surface area contributed by atoms with Gasteiger partial charge in [-0.3, -0.25) is 4.57 Å². The lowest BCUT2D eigenvalue weighted by Gasteiger charge is -2.27. The van der Waals surface area contributed by atoms with E-state index in [0.717, 1.165) is 17.5 Å². The molecule has 0 amide bonds. The summed E-state index contributed by atoms with van der Waals surface area (Å²) < 4.78 is 40.7. The van der Waals surface area contributed by atoms with Gasteiger partial charge < -0.3 is 24.7 Å². The van der Waals surface area contributed by atoms with Crippen molar-refractivity contribution in [2.45, 2.75) is 13.5 Å². The maximum atomic E-state index is 14.1. The van der Waals surface area contributed by atoms with Crippen molar-refractivity contribution in [2.24, 2.45) is 0 Å². The molecule has 37 heavy (non-hydrogen) atoms. The molecule has 0 saturated carbocycles. The predicted octanol–water partition coefficient (Wildman–Crippen LogP) is 3.82. The summed E-state index contributed by atoms with van der Waals surface area (Å²) in [5, 5.41) is 3.25. The van der Waals surface area contributed by atoms with Gasteiger partial charge in [0.1, 0.15) is 23.4 Å². The highest BCUT2D eigenvalue weighted by atomic mass is 19.2. The maximum Gasteiger partial charge on any atom is 0.229 e. The number of nitrogens with one attached hydrogen (secondary N) is 2. The molecular weight excluding hydrogens is 482 g/mol. The lowest BCUT2D eigenvalue weighted by Crippen LogP contribution is -2.37. The Hall–Kier alpha value is -4.32. The van der Waals surface area contributed by atoms with Gasteiger partial charge in [0.05, 0.1) is 31.9 Å². The van der Waals surface area contributed by atoms with Crippen LogP contribution in [0.2, 0.25) is 0 Å². The van der Waals surface area contributed by atoms with Gasteiger partial charge in [-0.05, 0) is 43.3 Å². The van der Waals surface area contributed by atoms with Gasteiger partial charge in [0.25, 0.3) is 0 Å². The third-order valence-electron chi connectivity index (χ3n) is 6.12. The molecular formula is C25H24F2N8O2. The van der Waals surface area contributed by atoms with E-state index in [-0.39, 0.29) is 12.1 Å². The second kappa shape index (κ2) is 9.62. The van der Waals surface area contributed by atoms with Crippen molar-refractivity contribution < 1.29 is 18.3 Å². The SMILES string of the molecule is CCOc1ccc(-n2cnc3c(NCc4nc5c(F)c(F)ccc5[nH]4)nc(N4CCOCC4)nc32)cc1. The molecule has 2 aromatic carbocycles. The van der Waals surface area contributed by atoms with Crippen LogP contribution in [-0.4, -0.2) is 62.4 Å². The number of nitrogens with zero attached hydrogens (tertiary/aromatic N) is 6. The van der Waals surface area contributed by atoms with E-state index in [1.165, 1.54) is 6.07 Å². The monoisotopic (exact) mass is 506 g/mol. The molecule has 10 nitrogen and oxygen atoms in total. The highest BCUT2D eigenvalue weighted by molar-refractivity contribution is 5.85. The normalized spacial score (nSPS) is 14.0. The summed E-state index contributed by atoms with van der Waals surface area (Å²) in [7, 11) is 0. The lowest BCUT2D eigenvalue weighted by molar-refractivity contribution is 0.122. The van der Waals surface area contributed by atoms with Crippen LogP contribution < -0.4 is 15.0 Å². The first-order valence-corrected chi connectivity index (χ1v) is 12.0. The highest BCUT2D eigenvalue weighted by Crippen LogP contribution is 2.27. The quantitative estimate of drug-likeness (QED) is 0.343. The van der Waals surface area contributed by atoms with Gasteiger partial charge in [-0.15, -0.1) is 0 Å². The number of benzene rings is 2. The van der Waals surface area contributed by atoms with E-state index in [0.29, 0.717) is 67.2 Å². The molecule has 4 heterocycles. The Morgan fingerprint density at radius 2 is 1.84 bits per heavy atom. The molecule has 2 N–H and O–H groups in total. The summed E-state index contributed by atoms with van der Waals surface area (Å²) in [5.41, 5.74) is 2.44. The smallest absolute Gasteiger partial charge is 0.229 e. The van der Waals surface area contributed by atoms with Gasteiger partial charge >= 0.3 is 0 Å². The van der Waals surface area contributed by atoms with E-state index in [1.54, 1.807) is 6.33 Å². The second-order valence-electron chi connectivity index (χ2n) is 8.48. The van der Waals surface area contributed by atoms with E-state index in [4.69, 9.17) is 19.4 Å². The van der Waals surface area contributed by atoms with Gasteiger partial charge in [-0.1, -0.05) is 0 Å². The highest BCUT2D eigenvalue weighted by Gasteiger charge is 2.20. The molecule has 12 heteroatoms. The number of H-pyrrole nitrogens is 1. The van der Waals surface area contributed by atoms with Crippen LogP contribution in [0.3, 0.4) is 0 Å². The van der Waals surface area contributed by atoms with E-state index in [2.05, 4.69) is 25.2 Å². The predicted molar refractivity (Wildman–Crippen MR) is 134 cm³/mol.